The molecule has 2 rings (SSSR count). The Kier molecular flexibility index (Phi) is 8.24. The standard InChI is InChI=1S/C9H7F3O2.C9H5F3O2/c2*10-6-3-5(1-2-8(13)14)4-7(11)9(6)12/h3-4H,1-2H2,(H,13,14);1-4H,(H,13,14). The van der Waals surface area contributed by atoms with Crippen LogP contribution in [0, 0.1) is 34.9 Å². The average molecular weight is 406 g/mol. The topological polar surface area (TPSA) is 74.6 Å². The zero-order chi connectivity index (χ0) is 21.4. The zero-order valence-electron chi connectivity index (χ0n) is 13.9. The molecule has 150 valence electrons. The predicted molar refractivity (Wildman–Crippen MR) is 85.3 cm³/mol. The molecular formula is C18H12F6O4. The third-order valence-electron chi connectivity index (χ3n) is 3.10. The Morgan fingerprint density at radius 1 is 0.786 bits per heavy atom. The van der Waals surface area contributed by atoms with Gasteiger partial charge in [0, 0.05) is 12.5 Å². The number of carbonyl (C=O) groups is 2. The maximum atomic E-state index is 12.6. The summed E-state index contributed by atoms with van der Waals surface area (Å²) in [7, 11) is 0. The molecule has 0 radical (unpaired) electrons. The van der Waals surface area contributed by atoms with Gasteiger partial charge in [0.05, 0.1) is 0 Å². The number of aryl methyl sites for hydroxylation is 1. The van der Waals surface area contributed by atoms with E-state index in [1.165, 1.54) is 0 Å². The van der Waals surface area contributed by atoms with E-state index in [2.05, 4.69) is 0 Å². The highest BCUT2D eigenvalue weighted by atomic mass is 19.2. The molecule has 2 aromatic carbocycles. The smallest absolute Gasteiger partial charge is 0.328 e. The molecular weight excluding hydrogens is 394 g/mol. The Morgan fingerprint density at radius 3 is 1.61 bits per heavy atom. The number of hydrogen-bond acceptors (Lipinski definition) is 2. The summed E-state index contributed by atoms with van der Waals surface area (Å²) in [6.45, 7) is 0. The summed E-state index contributed by atoms with van der Waals surface area (Å²) < 4.78 is 75.2. The molecule has 0 aliphatic carbocycles. The SMILES string of the molecule is O=C(O)C=Cc1cc(F)c(F)c(F)c1.O=C(O)CCc1cc(F)c(F)c(F)c1. The van der Waals surface area contributed by atoms with E-state index < -0.39 is 46.8 Å². The van der Waals surface area contributed by atoms with E-state index in [1.807, 2.05) is 0 Å². The second-order valence-corrected chi connectivity index (χ2v) is 5.24. The second kappa shape index (κ2) is 10.1. The summed E-state index contributed by atoms with van der Waals surface area (Å²) in [6, 6.07) is 3.00. The summed E-state index contributed by atoms with van der Waals surface area (Å²) in [4.78, 5) is 20.2. The van der Waals surface area contributed by atoms with Crippen molar-refractivity contribution in [1.29, 1.82) is 0 Å². The molecule has 0 aliphatic heterocycles. The van der Waals surface area contributed by atoms with Crippen LogP contribution in [-0.4, -0.2) is 22.2 Å². The largest absolute Gasteiger partial charge is 0.481 e. The number of carboxylic acid groups (broad SMARTS) is 2. The summed E-state index contributed by atoms with van der Waals surface area (Å²) >= 11 is 0. The van der Waals surface area contributed by atoms with Gasteiger partial charge in [-0.1, -0.05) is 0 Å². The number of rotatable bonds is 5. The lowest BCUT2D eigenvalue weighted by Crippen LogP contribution is -2.00. The fourth-order valence-electron chi connectivity index (χ4n) is 1.84. The van der Waals surface area contributed by atoms with E-state index in [4.69, 9.17) is 10.2 Å². The third kappa shape index (κ3) is 7.14. The van der Waals surface area contributed by atoms with Gasteiger partial charge >= 0.3 is 11.9 Å². The maximum absolute atomic E-state index is 12.6. The molecule has 4 nitrogen and oxygen atoms in total. The Morgan fingerprint density at radius 2 is 1.21 bits per heavy atom. The number of carboxylic acids is 2. The minimum absolute atomic E-state index is 0.0244. The van der Waals surface area contributed by atoms with Gasteiger partial charge in [0.15, 0.2) is 34.9 Å². The van der Waals surface area contributed by atoms with Gasteiger partial charge in [-0.25, -0.2) is 31.1 Å². The summed E-state index contributed by atoms with van der Waals surface area (Å²) in [6.07, 6.45) is 1.40. The molecule has 2 N–H and O–H groups in total. The van der Waals surface area contributed by atoms with Gasteiger partial charge in [-0.05, 0) is 47.9 Å². The van der Waals surface area contributed by atoms with E-state index in [1.54, 1.807) is 0 Å². The van der Waals surface area contributed by atoms with Crippen LogP contribution < -0.4 is 0 Å². The first kappa shape index (κ1) is 22.7. The fourth-order valence-corrected chi connectivity index (χ4v) is 1.84. The normalized spacial score (nSPS) is 10.5. The fraction of sp³-hybridized carbons (Fsp3) is 0.111. The molecule has 0 aromatic heterocycles. The van der Waals surface area contributed by atoms with E-state index in [9.17, 15) is 35.9 Å². The Labute approximate surface area is 154 Å². The molecule has 0 heterocycles. The molecule has 0 saturated carbocycles. The third-order valence-corrected chi connectivity index (χ3v) is 3.10. The van der Waals surface area contributed by atoms with Crippen molar-refractivity contribution in [3.63, 3.8) is 0 Å². The molecule has 0 aliphatic rings. The molecule has 0 unspecified atom stereocenters. The first-order valence-corrected chi connectivity index (χ1v) is 7.42. The van der Waals surface area contributed by atoms with Crippen molar-refractivity contribution in [2.24, 2.45) is 0 Å². The van der Waals surface area contributed by atoms with Crippen molar-refractivity contribution in [2.75, 3.05) is 0 Å². The number of hydrogen-bond donors (Lipinski definition) is 2. The Bertz CT molecular complexity index is 865. The van der Waals surface area contributed by atoms with E-state index in [0.29, 0.717) is 18.2 Å². The van der Waals surface area contributed by atoms with Crippen molar-refractivity contribution in [2.45, 2.75) is 12.8 Å². The van der Waals surface area contributed by atoms with Crippen LogP contribution in [0.15, 0.2) is 30.3 Å². The van der Waals surface area contributed by atoms with Crippen molar-refractivity contribution >= 4 is 18.0 Å². The van der Waals surface area contributed by atoms with Crippen LogP contribution in [-0.2, 0) is 16.0 Å². The first-order valence-electron chi connectivity index (χ1n) is 7.42. The van der Waals surface area contributed by atoms with Gasteiger partial charge in [-0.2, -0.15) is 0 Å². The highest BCUT2D eigenvalue weighted by molar-refractivity contribution is 5.85. The van der Waals surface area contributed by atoms with Gasteiger partial charge in [0.1, 0.15) is 0 Å². The average Bonchev–Trinajstić information content (AvgIpc) is 2.61. The minimum Gasteiger partial charge on any atom is -0.481 e. The number of benzene rings is 2. The molecule has 0 spiro atoms. The van der Waals surface area contributed by atoms with Crippen LogP contribution in [0.1, 0.15) is 17.5 Å². The van der Waals surface area contributed by atoms with Crippen LogP contribution in [0.5, 0.6) is 0 Å². The maximum Gasteiger partial charge on any atom is 0.328 e. The first-order chi connectivity index (χ1) is 13.0. The van der Waals surface area contributed by atoms with E-state index >= 15 is 0 Å². The van der Waals surface area contributed by atoms with Gasteiger partial charge in [0.25, 0.3) is 0 Å². The van der Waals surface area contributed by atoms with Crippen LogP contribution in [0.3, 0.4) is 0 Å². The molecule has 0 amide bonds. The van der Waals surface area contributed by atoms with Gasteiger partial charge in [-0.15, -0.1) is 0 Å². The second-order valence-electron chi connectivity index (χ2n) is 5.24. The quantitative estimate of drug-likeness (QED) is 0.441. The molecule has 2 aromatic rings. The summed E-state index contributed by atoms with van der Waals surface area (Å²) in [5.41, 5.74) is 0.0765. The molecule has 10 heteroatoms. The van der Waals surface area contributed by atoms with Crippen molar-refractivity contribution in [3.8, 4) is 0 Å². The monoisotopic (exact) mass is 406 g/mol. The van der Waals surface area contributed by atoms with Crippen molar-refractivity contribution in [1.82, 2.24) is 0 Å². The van der Waals surface area contributed by atoms with Crippen LogP contribution in [0.25, 0.3) is 6.08 Å². The van der Waals surface area contributed by atoms with E-state index in [-0.39, 0.29) is 24.0 Å². The van der Waals surface area contributed by atoms with Gasteiger partial charge in [-0.3, -0.25) is 4.79 Å². The lowest BCUT2D eigenvalue weighted by molar-refractivity contribution is -0.137. The van der Waals surface area contributed by atoms with E-state index in [0.717, 1.165) is 18.2 Å². The predicted octanol–water partition coefficient (Wildman–Crippen LogP) is 4.32. The lowest BCUT2D eigenvalue weighted by atomic mass is 10.1. The van der Waals surface area contributed by atoms with Gasteiger partial charge < -0.3 is 10.2 Å². The zero-order valence-corrected chi connectivity index (χ0v) is 13.9. The van der Waals surface area contributed by atoms with Crippen LogP contribution in [0.4, 0.5) is 26.3 Å². The number of halogens is 6. The summed E-state index contributed by atoms with van der Waals surface area (Å²) in [5.74, 6) is -10.7. The molecule has 0 bridgehead atoms. The van der Waals surface area contributed by atoms with Crippen molar-refractivity contribution < 1.29 is 46.1 Å². The molecule has 0 saturated heterocycles. The highest BCUT2D eigenvalue weighted by Gasteiger charge is 2.11. The molecule has 28 heavy (non-hydrogen) atoms. The van der Waals surface area contributed by atoms with Crippen LogP contribution in [0.2, 0.25) is 0 Å². The Balaban J connectivity index is 0.000000280. The van der Waals surface area contributed by atoms with Crippen LogP contribution >= 0.6 is 0 Å². The van der Waals surface area contributed by atoms with Gasteiger partial charge in [0.2, 0.25) is 0 Å². The Hall–Kier alpha value is -3.30. The lowest BCUT2D eigenvalue weighted by Gasteiger charge is -2.00. The number of aliphatic carboxylic acids is 2. The molecule has 0 fully saturated rings. The molecule has 0 atom stereocenters. The minimum atomic E-state index is -1.57. The van der Waals surface area contributed by atoms with Crippen molar-refractivity contribution in [3.05, 3.63) is 76.4 Å². The highest BCUT2D eigenvalue weighted by Crippen LogP contribution is 2.15. The summed E-state index contributed by atoms with van der Waals surface area (Å²) in [5, 5.41) is 16.5.